The van der Waals surface area contributed by atoms with Crippen molar-refractivity contribution in [2.75, 3.05) is 64.4 Å². The Labute approximate surface area is 302 Å². The highest BCUT2D eigenvalue weighted by Gasteiger charge is 2.51. The molecule has 50 heavy (non-hydrogen) atoms. The first-order valence-electron chi connectivity index (χ1n) is 19.0. The number of carbonyl (C=O) groups is 3. The number of likely N-dealkylation sites (tertiary alicyclic amines) is 1. The number of carbonyl (C=O) groups excluding carboxylic acids is 3. The highest BCUT2D eigenvalue weighted by Crippen LogP contribution is 2.41. The number of nitrogens with zero attached hydrogens (tertiary/aromatic N) is 5. The maximum Gasteiger partial charge on any atom is 0.252 e. The number of hydrogen-bond acceptors (Lipinski definition) is 6. The predicted molar refractivity (Wildman–Crippen MR) is 196 cm³/mol. The third-order valence-electron chi connectivity index (χ3n) is 12.3. The Bertz CT molecular complexity index is 1520. The largest absolute Gasteiger partial charge is 0.370 e. The van der Waals surface area contributed by atoms with Gasteiger partial charge in [0, 0.05) is 75.1 Å². The Morgan fingerprint density at radius 1 is 0.840 bits per heavy atom. The van der Waals surface area contributed by atoms with Crippen molar-refractivity contribution in [2.24, 2.45) is 11.8 Å². The fourth-order valence-corrected chi connectivity index (χ4v) is 9.40. The van der Waals surface area contributed by atoms with Crippen LogP contribution in [0.1, 0.15) is 68.9 Å². The molecule has 0 spiro atoms. The second kappa shape index (κ2) is 15.2. The Kier molecular flexibility index (Phi) is 10.7. The van der Waals surface area contributed by atoms with E-state index in [-0.39, 0.29) is 41.6 Å². The number of aryl methyl sites for hydroxylation is 1. The molecule has 1 aliphatic carbocycles. The lowest BCUT2D eigenvalue weighted by molar-refractivity contribution is -0.148. The molecule has 10 heteroatoms. The Hall–Kier alpha value is -3.14. The summed E-state index contributed by atoms with van der Waals surface area (Å²) in [6.07, 6.45) is 5.73. The molecule has 0 N–H and O–H groups in total. The molecule has 5 atom stereocenters. The highest BCUT2D eigenvalue weighted by molar-refractivity contribution is 6.30. The van der Waals surface area contributed by atoms with Gasteiger partial charge in [0.2, 0.25) is 11.8 Å². The van der Waals surface area contributed by atoms with Crippen molar-refractivity contribution in [3.63, 3.8) is 0 Å². The number of anilines is 1. The summed E-state index contributed by atoms with van der Waals surface area (Å²) < 4.78 is 5.97. The molecule has 2 aromatic carbocycles. The van der Waals surface area contributed by atoms with Crippen molar-refractivity contribution in [2.45, 2.75) is 88.9 Å². The van der Waals surface area contributed by atoms with Gasteiger partial charge in [-0.1, -0.05) is 48.9 Å². The van der Waals surface area contributed by atoms with Crippen molar-refractivity contribution in [1.29, 1.82) is 0 Å². The van der Waals surface area contributed by atoms with Gasteiger partial charge >= 0.3 is 0 Å². The monoisotopic (exact) mass is 703 g/mol. The van der Waals surface area contributed by atoms with E-state index in [2.05, 4.69) is 53.8 Å². The molecule has 7 rings (SSSR count). The van der Waals surface area contributed by atoms with E-state index in [9.17, 15) is 9.59 Å². The standard InChI is InChI=1S/C40H54ClN5O4/c1-27-10-16-31(17-11-27)46(40(49)37-9-6-22-50-37)32-23-36(39(48)43-20-18-42(3)19-21-43)45(24-32)38(47)34-26-44(35-8-5-4-7-28(35)2)25-33(34)29-12-14-30(41)15-13-29/h4-5,7-8,12-15,27,31-34,36-37H,6,9-11,16-26H2,1-3H3/t27?,31?,32-,33-,34+,36-,37-/m0/s1. The van der Waals surface area contributed by atoms with Crippen molar-refractivity contribution in [1.82, 2.24) is 19.6 Å². The number of amides is 3. The predicted octanol–water partition coefficient (Wildman–Crippen LogP) is 5.20. The van der Waals surface area contributed by atoms with E-state index < -0.39 is 12.1 Å². The summed E-state index contributed by atoms with van der Waals surface area (Å²) in [4.78, 5) is 54.6. The fraction of sp³-hybridized carbons (Fsp3) is 0.625. The quantitative estimate of drug-likeness (QED) is 0.395. The number of benzene rings is 2. The van der Waals surface area contributed by atoms with E-state index in [1.807, 2.05) is 40.1 Å². The van der Waals surface area contributed by atoms with Crippen LogP contribution in [0.15, 0.2) is 48.5 Å². The Balaban J connectivity index is 1.22. The van der Waals surface area contributed by atoms with Crippen LogP contribution in [0.25, 0.3) is 0 Å². The first-order chi connectivity index (χ1) is 24.2. The Morgan fingerprint density at radius 2 is 1.56 bits per heavy atom. The van der Waals surface area contributed by atoms with Crippen LogP contribution in [-0.4, -0.2) is 121 Å². The van der Waals surface area contributed by atoms with Gasteiger partial charge in [-0.25, -0.2) is 0 Å². The van der Waals surface area contributed by atoms with Gasteiger partial charge in [0.15, 0.2) is 0 Å². The first kappa shape index (κ1) is 35.3. The van der Waals surface area contributed by atoms with Crippen LogP contribution < -0.4 is 4.90 Å². The van der Waals surface area contributed by atoms with Crippen molar-refractivity contribution in [3.8, 4) is 0 Å². The van der Waals surface area contributed by atoms with Gasteiger partial charge < -0.3 is 29.2 Å². The zero-order chi connectivity index (χ0) is 34.9. The molecule has 5 fully saturated rings. The molecule has 1 saturated carbocycles. The second-order valence-electron chi connectivity index (χ2n) is 15.6. The maximum absolute atomic E-state index is 15.2. The summed E-state index contributed by atoms with van der Waals surface area (Å²) >= 11 is 6.32. The minimum Gasteiger partial charge on any atom is -0.370 e. The lowest BCUT2D eigenvalue weighted by Gasteiger charge is -2.41. The molecule has 9 nitrogen and oxygen atoms in total. The van der Waals surface area contributed by atoms with Crippen molar-refractivity contribution < 1.29 is 19.1 Å². The van der Waals surface area contributed by atoms with Gasteiger partial charge in [0.25, 0.3) is 5.91 Å². The molecule has 4 heterocycles. The molecule has 4 saturated heterocycles. The summed E-state index contributed by atoms with van der Waals surface area (Å²) in [5.41, 5.74) is 3.38. The molecule has 3 amide bonds. The summed E-state index contributed by atoms with van der Waals surface area (Å²) in [7, 11) is 2.08. The fourth-order valence-electron chi connectivity index (χ4n) is 9.28. The molecule has 4 aliphatic heterocycles. The van der Waals surface area contributed by atoms with Crippen LogP contribution in [-0.2, 0) is 19.1 Å². The number of ether oxygens (including phenoxy) is 1. The molecule has 0 radical (unpaired) electrons. The molecule has 0 unspecified atom stereocenters. The van der Waals surface area contributed by atoms with Gasteiger partial charge in [-0.3, -0.25) is 14.4 Å². The van der Waals surface area contributed by atoms with E-state index in [0.29, 0.717) is 56.7 Å². The maximum atomic E-state index is 15.2. The second-order valence-corrected chi connectivity index (χ2v) is 16.1. The molecular formula is C40H54ClN5O4. The number of hydrogen-bond donors (Lipinski definition) is 0. The summed E-state index contributed by atoms with van der Waals surface area (Å²) in [5, 5.41) is 0.665. The normalized spacial score (nSPS) is 30.6. The lowest BCUT2D eigenvalue weighted by atomic mass is 9.85. The number of likely N-dealkylation sites (N-methyl/N-ethyl adjacent to an activating group) is 1. The minimum atomic E-state index is -0.600. The van der Waals surface area contributed by atoms with Crippen LogP contribution in [0.3, 0.4) is 0 Å². The number of halogens is 1. The van der Waals surface area contributed by atoms with E-state index in [1.165, 1.54) is 5.56 Å². The molecule has 2 aromatic rings. The van der Waals surface area contributed by atoms with Gasteiger partial charge in [0.1, 0.15) is 12.1 Å². The summed E-state index contributed by atoms with van der Waals surface area (Å²) in [6.45, 7) is 9.57. The minimum absolute atomic E-state index is 0.0118. The van der Waals surface area contributed by atoms with Gasteiger partial charge in [-0.2, -0.15) is 0 Å². The lowest BCUT2D eigenvalue weighted by Crippen LogP contribution is -2.54. The van der Waals surface area contributed by atoms with Gasteiger partial charge in [-0.15, -0.1) is 0 Å². The number of para-hydroxylation sites is 1. The van der Waals surface area contributed by atoms with Crippen LogP contribution in [0.4, 0.5) is 5.69 Å². The zero-order valence-corrected chi connectivity index (χ0v) is 30.8. The summed E-state index contributed by atoms with van der Waals surface area (Å²) in [5.74, 6) is 0.308. The van der Waals surface area contributed by atoms with Gasteiger partial charge in [-0.05, 0) is 94.2 Å². The third kappa shape index (κ3) is 7.28. The van der Waals surface area contributed by atoms with E-state index in [1.54, 1.807) is 0 Å². The van der Waals surface area contributed by atoms with Crippen LogP contribution in [0, 0.1) is 18.8 Å². The van der Waals surface area contributed by atoms with E-state index in [0.717, 1.165) is 62.9 Å². The van der Waals surface area contributed by atoms with E-state index >= 15 is 4.79 Å². The smallest absolute Gasteiger partial charge is 0.252 e. The SMILES string of the molecule is Cc1ccccc1N1C[C@@H](C(=O)N2C[C@@H](N(C(=O)[C@@H]3CCCO3)C3CCC(C)CC3)C[C@H]2C(=O)N2CCN(C)CC2)[C@H](c2ccc(Cl)cc2)C1. The average Bonchev–Trinajstić information content (AvgIpc) is 3.91. The highest BCUT2D eigenvalue weighted by atomic mass is 35.5. The zero-order valence-electron chi connectivity index (χ0n) is 30.0. The third-order valence-corrected chi connectivity index (χ3v) is 12.5. The Morgan fingerprint density at radius 3 is 2.24 bits per heavy atom. The molecule has 0 aromatic heterocycles. The number of rotatable bonds is 7. The first-order valence-corrected chi connectivity index (χ1v) is 19.3. The van der Waals surface area contributed by atoms with Crippen molar-refractivity contribution in [3.05, 3.63) is 64.7 Å². The topological polar surface area (TPSA) is 76.6 Å². The van der Waals surface area contributed by atoms with Gasteiger partial charge in [0.05, 0.1) is 12.0 Å². The van der Waals surface area contributed by atoms with Crippen molar-refractivity contribution >= 4 is 35.0 Å². The van der Waals surface area contributed by atoms with E-state index in [4.69, 9.17) is 16.3 Å². The molecule has 270 valence electrons. The number of piperazine rings is 1. The molecule has 5 aliphatic rings. The van der Waals surface area contributed by atoms with Crippen LogP contribution in [0.5, 0.6) is 0 Å². The summed E-state index contributed by atoms with van der Waals surface area (Å²) in [6, 6.07) is 15.5. The molecule has 0 bridgehead atoms. The van der Waals surface area contributed by atoms with Crippen LogP contribution in [0.2, 0.25) is 5.02 Å². The average molecular weight is 704 g/mol. The van der Waals surface area contributed by atoms with Crippen LogP contribution >= 0.6 is 11.6 Å². The molecular weight excluding hydrogens is 650 g/mol.